The maximum atomic E-state index is 5.44. The van der Waals surface area contributed by atoms with Gasteiger partial charge in [0.05, 0.1) is 0 Å². The lowest BCUT2D eigenvalue weighted by Crippen LogP contribution is -1.97. The van der Waals surface area contributed by atoms with Gasteiger partial charge in [-0.1, -0.05) is 18.2 Å². The summed E-state index contributed by atoms with van der Waals surface area (Å²) in [6.07, 6.45) is 0. The number of hydrogen-bond donors (Lipinski definition) is 1. The smallest absolute Gasteiger partial charge is 0.192 e. The molecule has 0 aliphatic heterocycles. The SMILES string of the molecule is NCc1ccccc1OI. The molecule has 0 atom stereocenters. The Morgan fingerprint density at radius 2 is 2.10 bits per heavy atom. The van der Waals surface area contributed by atoms with Crippen LogP contribution in [-0.4, -0.2) is 0 Å². The third-order valence-electron chi connectivity index (χ3n) is 1.28. The van der Waals surface area contributed by atoms with Crippen molar-refractivity contribution in [2.45, 2.75) is 6.54 Å². The summed E-state index contributed by atoms with van der Waals surface area (Å²) in [6.45, 7) is 0.527. The molecule has 10 heavy (non-hydrogen) atoms. The molecule has 2 N–H and O–H groups in total. The standard InChI is InChI=1S/C7H8INO/c8-10-7-4-2-1-3-6(7)5-9/h1-4H,5,9H2. The Kier molecular flexibility index (Phi) is 2.95. The highest BCUT2D eigenvalue weighted by Gasteiger charge is 1.96. The molecule has 0 aliphatic carbocycles. The monoisotopic (exact) mass is 249 g/mol. The van der Waals surface area contributed by atoms with E-state index in [-0.39, 0.29) is 0 Å². The van der Waals surface area contributed by atoms with E-state index in [1.54, 1.807) is 0 Å². The van der Waals surface area contributed by atoms with E-state index < -0.39 is 0 Å². The van der Waals surface area contributed by atoms with E-state index in [1.807, 2.05) is 47.3 Å². The number of halogens is 1. The zero-order chi connectivity index (χ0) is 7.40. The largest absolute Gasteiger partial charge is 0.427 e. The minimum absolute atomic E-state index is 0.527. The topological polar surface area (TPSA) is 35.2 Å². The summed E-state index contributed by atoms with van der Waals surface area (Å²) in [5, 5.41) is 0. The van der Waals surface area contributed by atoms with E-state index in [1.165, 1.54) is 0 Å². The highest BCUT2D eigenvalue weighted by atomic mass is 127. The van der Waals surface area contributed by atoms with E-state index in [4.69, 9.17) is 8.80 Å². The second-order valence-corrected chi connectivity index (χ2v) is 2.33. The summed E-state index contributed by atoms with van der Waals surface area (Å²) in [4.78, 5) is 0. The van der Waals surface area contributed by atoms with E-state index in [2.05, 4.69) is 0 Å². The fourth-order valence-corrected chi connectivity index (χ4v) is 1.18. The van der Waals surface area contributed by atoms with E-state index in [0.29, 0.717) is 6.54 Å². The van der Waals surface area contributed by atoms with Gasteiger partial charge in [0.15, 0.2) is 23.0 Å². The van der Waals surface area contributed by atoms with Crippen LogP contribution in [0.4, 0.5) is 0 Å². The lowest BCUT2D eigenvalue weighted by molar-refractivity contribution is 0.701. The van der Waals surface area contributed by atoms with Crippen LogP contribution in [0.15, 0.2) is 24.3 Å². The van der Waals surface area contributed by atoms with E-state index in [9.17, 15) is 0 Å². The van der Waals surface area contributed by atoms with Gasteiger partial charge in [0.25, 0.3) is 0 Å². The van der Waals surface area contributed by atoms with Gasteiger partial charge in [0, 0.05) is 12.1 Å². The Morgan fingerprint density at radius 3 is 2.60 bits per heavy atom. The Hall–Kier alpha value is -0.290. The van der Waals surface area contributed by atoms with Crippen LogP contribution >= 0.6 is 23.0 Å². The summed E-state index contributed by atoms with van der Waals surface area (Å²) >= 11 is 1.85. The molecule has 0 spiro atoms. The first-order chi connectivity index (χ1) is 4.88. The lowest BCUT2D eigenvalue weighted by Gasteiger charge is -2.01. The van der Waals surface area contributed by atoms with Gasteiger partial charge in [0.1, 0.15) is 5.75 Å². The van der Waals surface area contributed by atoms with Crippen molar-refractivity contribution in [2.24, 2.45) is 5.73 Å². The summed E-state index contributed by atoms with van der Waals surface area (Å²) in [7, 11) is 0. The third-order valence-corrected chi connectivity index (χ3v) is 1.75. The summed E-state index contributed by atoms with van der Waals surface area (Å²) in [5.41, 5.74) is 6.48. The van der Waals surface area contributed by atoms with Crippen LogP contribution in [0.2, 0.25) is 0 Å². The molecule has 0 amide bonds. The molecular formula is C7H8INO. The zero-order valence-electron chi connectivity index (χ0n) is 5.38. The zero-order valence-corrected chi connectivity index (χ0v) is 7.54. The fourth-order valence-electron chi connectivity index (χ4n) is 0.748. The number of rotatable bonds is 2. The van der Waals surface area contributed by atoms with Crippen molar-refractivity contribution in [1.29, 1.82) is 0 Å². The highest BCUT2D eigenvalue weighted by Crippen LogP contribution is 2.18. The molecule has 0 aromatic heterocycles. The van der Waals surface area contributed by atoms with Crippen LogP contribution in [0.5, 0.6) is 5.75 Å². The second kappa shape index (κ2) is 3.78. The Morgan fingerprint density at radius 1 is 1.40 bits per heavy atom. The van der Waals surface area contributed by atoms with Crippen molar-refractivity contribution in [3.8, 4) is 5.75 Å². The molecule has 0 fully saturated rings. The van der Waals surface area contributed by atoms with Crippen LogP contribution in [0.3, 0.4) is 0 Å². The molecule has 1 aromatic rings. The van der Waals surface area contributed by atoms with Gasteiger partial charge >= 0.3 is 0 Å². The molecule has 54 valence electrons. The first-order valence-electron chi connectivity index (χ1n) is 2.95. The maximum Gasteiger partial charge on any atom is 0.192 e. The van der Waals surface area contributed by atoms with Crippen molar-refractivity contribution in [3.05, 3.63) is 29.8 Å². The first-order valence-corrected chi connectivity index (χ1v) is 3.83. The molecule has 0 radical (unpaired) electrons. The molecule has 0 aliphatic rings. The van der Waals surface area contributed by atoms with E-state index in [0.717, 1.165) is 11.3 Å². The Balaban J connectivity index is 2.96. The highest BCUT2D eigenvalue weighted by molar-refractivity contribution is 14.1. The van der Waals surface area contributed by atoms with Gasteiger partial charge in [-0.15, -0.1) is 0 Å². The number of para-hydroxylation sites is 1. The fraction of sp³-hybridized carbons (Fsp3) is 0.143. The van der Waals surface area contributed by atoms with Crippen LogP contribution in [0, 0.1) is 0 Å². The normalized spacial score (nSPS) is 9.40. The van der Waals surface area contributed by atoms with Crippen molar-refractivity contribution in [2.75, 3.05) is 0 Å². The van der Waals surface area contributed by atoms with Crippen molar-refractivity contribution in [3.63, 3.8) is 0 Å². The predicted molar refractivity (Wildman–Crippen MR) is 49.0 cm³/mol. The molecule has 0 bridgehead atoms. The molecule has 0 unspecified atom stereocenters. The quantitative estimate of drug-likeness (QED) is 0.812. The van der Waals surface area contributed by atoms with Gasteiger partial charge in [0.2, 0.25) is 0 Å². The molecule has 3 heteroatoms. The number of nitrogens with two attached hydrogens (primary N) is 1. The molecular weight excluding hydrogens is 241 g/mol. The minimum Gasteiger partial charge on any atom is -0.427 e. The molecule has 1 rings (SSSR count). The van der Waals surface area contributed by atoms with Gasteiger partial charge in [-0.25, -0.2) is 0 Å². The molecule has 0 saturated carbocycles. The van der Waals surface area contributed by atoms with Crippen molar-refractivity contribution >= 4 is 23.0 Å². The summed E-state index contributed by atoms with van der Waals surface area (Å²) in [5.74, 6) is 0.852. The van der Waals surface area contributed by atoms with Crippen LogP contribution in [0.25, 0.3) is 0 Å². The van der Waals surface area contributed by atoms with Gasteiger partial charge in [-0.05, 0) is 6.07 Å². The Labute approximate surface area is 74.1 Å². The average Bonchev–Trinajstić information content (AvgIpc) is 2.04. The minimum atomic E-state index is 0.527. The maximum absolute atomic E-state index is 5.44. The second-order valence-electron chi connectivity index (χ2n) is 1.89. The van der Waals surface area contributed by atoms with Gasteiger partial charge in [-0.3, -0.25) is 0 Å². The molecule has 0 saturated heterocycles. The average molecular weight is 249 g/mol. The van der Waals surface area contributed by atoms with Crippen LogP contribution in [-0.2, 0) is 6.54 Å². The predicted octanol–water partition coefficient (Wildman–Crippen LogP) is 1.87. The molecule has 0 heterocycles. The first kappa shape index (κ1) is 7.81. The van der Waals surface area contributed by atoms with E-state index >= 15 is 0 Å². The molecule has 1 aromatic carbocycles. The molecule has 2 nitrogen and oxygen atoms in total. The lowest BCUT2D eigenvalue weighted by atomic mass is 10.2. The van der Waals surface area contributed by atoms with Crippen molar-refractivity contribution < 1.29 is 3.07 Å². The number of hydrogen-bond acceptors (Lipinski definition) is 2. The van der Waals surface area contributed by atoms with Crippen LogP contribution in [0.1, 0.15) is 5.56 Å². The summed E-state index contributed by atoms with van der Waals surface area (Å²) in [6, 6.07) is 7.72. The van der Waals surface area contributed by atoms with Gasteiger partial charge in [-0.2, -0.15) is 0 Å². The number of benzene rings is 1. The summed E-state index contributed by atoms with van der Waals surface area (Å²) < 4.78 is 5.03. The third kappa shape index (κ3) is 1.60. The van der Waals surface area contributed by atoms with Crippen LogP contribution < -0.4 is 8.80 Å². The van der Waals surface area contributed by atoms with Crippen molar-refractivity contribution in [1.82, 2.24) is 0 Å². The Bertz CT molecular complexity index is 192. The van der Waals surface area contributed by atoms with Gasteiger partial charge < -0.3 is 8.80 Å².